The fourth-order valence-corrected chi connectivity index (χ4v) is 5.83. The number of hydrogen-bond acceptors (Lipinski definition) is 5. The molecule has 2 heterocycles. The van der Waals surface area contributed by atoms with Crippen LogP contribution in [0.5, 0.6) is 0 Å². The van der Waals surface area contributed by atoms with Crippen molar-refractivity contribution in [1.82, 2.24) is 9.21 Å². The van der Waals surface area contributed by atoms with Crippen molar-refractivity contribution in [2.24, 2.45) is 0 Å². The molecule has 1 aromatic heterocycles. The molecule has 0 saturated carbocycles. The number of rotatable bonds is 4. The van der Waals surface area contributed by atoms with Crippen molar-refractivity contribution in [1.29, 1.82) is 0 Å². The van der Waals surface area contributed by atoms with Crippen LogP contribution >= 0.6 is 0 Å². The molecule has 1 aliphatic rings. The molecule has 178 valence electrons. The summed E-state index contributed by atoms with van der Waals surface area (Å²) in [4.78, 5) is 28.4. The number of sulfonamides is 1. The summed E-state index contributed by atoms with van der Waals surface area (Å²) in [5.74, 6) is 0.139. The zero-order chi connectivity index (χ0) is 24.6. The molecule has 1 saturated heterocycles. The molecule has 8 heteroatoms. The average Bonchev–Trinajstić information content (AvgIpc) is 2.91. The predicted octanol–water partition coefficient (Wildman–Crippen LogP) is 3.92. The summed E-state index contributed by atoms with van der Waals surface area (Å²) < 4.78 is 33.4. The Bertz CT molecular complexity index is 1560. The molecule has 0 bridgehead atoms. The van der Waals surface area contributed by atoms with Gasteiger partial charge in [-0.1, -0.05) is 54.6 Å². The second-order valence-electron chi connectivity index (χ2n) is 8.44. The molecule has 0 aliphatic carbocycles. The smallest absolute Gasteiger partial charge is 0.257 e. The van der Waals surface area contributed by atoms with Crippen LogP contribution in [-0.2, 0) is 10.0 Å². The zero-order valence-corrected chi connectivity index (χ0v) is 20.0. The first-order valence-corrected chi connectivity index (χ1v) is 12.8. The van der Waals surface area contributed by atoms with Crippen molar-refractivity contribution in [2.45, 2.75) is 11.8 Å². The van der Waals surface area contributed by atoms with Gasteiger partial charge in [0.25, 0.3) is 5.91 Å². The molecule has 5 rings (SSSR count). The van der Waals surface area contributed by atoms with Gasteiger partial charge >= 0.3 is 0 Å². The van der Waals surface area contributed by atoms with Gasteiger partial charge in [0.1, 0.15) is 5.76 Å². The number of benzene rings is 3. The maximum atomic E-state index is 13.5. The SMILES string of the molecule is Cc1c(-c2ccccc2)oc2c(C(=O)N3CCN(S(=O)(=O)c4ccccc4)CC3)cccc2c1=O. The predicted molar refractivity (Wildman–Crippen MR) is 134 cm³/mol. The summed E-state index contributed by atoms with van der Waals surface area (Å²) in [6.07, 6.45) is 0. The minimum absolute atomic E-state index is 0.182. The third-order valence-corrected chi connectivity index (χ3v) is 8.23. The number of carbonyl (C=O) groups excluding carboxylic acids is 1. The summed E-state index contributed by atoms with van der Waals surface area (Å²) in [6, 6.07) is 22.6. The molecule has 1 fully saturated rings. The highest BCUT2D eigenvalue weighted by atomic mass is 32.2. The monoisotopic (exact) mass is 488 g/mol. The summed E-state index contributed by atoms with van der Waals surface area (Å²) in [5.41, 5.74) is 1.58. The van der Waals surface area contributed by atoms with E-state index in [1.807, 2.05) is 30.3 Å². The Morgan fingerprint density at radius 2 is 1.46 bits per heavy atom. The van der Waals surface area contributed by atoms with Crippen LogP contribution in [0.1, 0.15) is 15.9 Å². The van der Waals surface area contributed by atoms with Gasteiger partial charge in [-0.2, -0.15) is 4.31 Å². The Hall–Kier alpha value is -3.75. The van der Waals surface area contributed by atoms with E-state index in [0.29, 0.717) is 16.7 Å². The molecular formula is C27H24N2O5S. The first-order chi connectivity index (χ1) is 16.9. The number of nitrogens with zero attached hydrogens (tertiary/aromatic N) is 2. The van der Waals surface area contributed by atoms with Crippen LogP contribution < -0.4 is 5.43 Å². The maximum Gasteiger partial charge on any atom is 0.257 e. The lowest BCUT2D eigenvalue weighted by Gasteiger charge is -2.34. The van der Waals surface area contributed by atoms with Gasteiger partial charge in [-0.3, -0.25) is 9.59 Å². The van der Waals surface area contributed by atoms with Gasteiger partial charge < -0.3 is 9.32 Å². The standard InChI is InChI=1S/C27H24N2O5S/c1-19-24(30)22-13-8-14-23(26(22)34-25(19)20-9-4-2-5-10-20)27(31)28-15-17-29(18-16-28)35(32,33)21-11-6-3-7-12-21/h2-14H,15-18H2,1H3. The van der Waals surface area contributed by atoms with E-state index < -0.39 is 10.0 Å². The number of piperazine rings is 1. The van der Waals surface area contributed by atoms with Gasteiger partial charge in [0.15, 0.2) is 11.0 Å². The molecule has 0 atom stereocenters. The van der Waals surface area contributed by atoms with Gasteiger partial charge in [0.05, 0.1) is 15.8 Å². The third kappa shape index (κ3) is 4.15. The van der Waals surface area contributed by atoms with Crippen molar-refractivity contribution in [3.05, 3.63) is 100 Å². The molecule has 1 amide bonds. The molecule has 0 N–H and O–H groups in total. The van der Waals surface area contributed by atoms with Crippen LogP contribution in [0.3, 0.4) is 0 Å². The van der Waals surface area contributed by atoms with E-state index in [-0.39, 0.29) is 53.6 Å². The lowest BCUT2D eigenvalue weighted by Crippen LogP contribution is -2.50. The average molecular weight is 489 g/mol. The van der Waals surface area contributed by atoms with E-state index in [1.165, 1.54) is 4.31 Å². The van der Waals surface area contributed by atoms with E-state index >= 15 is 0 Å². The van der Waals surface area contributed by atoms with E-state index in [1.54, 1.807) is 60.4 Å². The molecule has 7 nitrogen and oxygen atoms in total. The molecule has 0 spiro atoms. The van der Waals surface area contributed by atoms with Gasteiger partial charge in [-0.25, -0.2) is 8.42 Å². The molecule has 4 aromatic rings. The first kappa shape index (κ1) is 23.0. The van der Waals surface area contributed by atoms with E-state index in [2.05, 4.69) is 0 Å². The fourth-order valence-electron chi connectivity index (χ4n) is 4.39. The van der Waals surface area contributed by atoms with Gasteiger partial charge in [0.2, 0.25) is 10.0 Å². The Labute approximate surface area is 203 Å². The second kappa shape index (κ2) is 9.13. The molecule has 35 heavy (non-hydrogen) atoms. The van der Waals surface area contributed by atoms with Gasteiger partial charge in [-0.05, 0) is 31.2 Å². The molecular weight excluding hydrogens is 464 g/mol. The molecule has 3 aromatic carbocycles. The minimum atomic E-state index is -3.62. The molecule has 0 unspecified atom stereocenters. The minimum Gasteiger partial charge on any atom is -0.455 e. The second-order valence-corrected chi connectivity index (χ2v) is 10.4. The summed E-state index contributed by atoms with van der Waals surface area (Å²) in [7, 11) is -3.62. The lowest BCUT2D eigenvalue weighted by molar-refractivity contribution is 0.0698. The zero-order valence-electron chi connectivity index (χ0n) is 19.2. The molecule has 0 radical (unpaired) electrons. The van der Waals surface area contributed by atoms with Crippen molar-refractivity contribution < 1.29 is 17.6 Å². The van der Waals surface area contributed by atoms with Crippen molar-refractivity contribution in [2.75, 3.05) is 26.2 Å². The fraction of sp³-hybridized carbons (Fsp3) is 0.185. The maximum absolute atomic E-state index is 13.5. The summed E-state index contributed by atoms with van der Waals surface area (Å²) >= 11 is 0. The van der Waals surface area contributed by atoms with Crippen LogP contribution in [-0.4, -0.2) is 49.7 Å². The number of amides is 1. The van der Waals surface area contributed by atoms with Crippen molar-refractivity contribution in [3.63, 3.8) is 0 Å². The summed E-state index contributed by atoms with van der Waals surface area (Å²) in [5, 5.41) is 0.346. The van der Waals surface area contributed by atoms with Crippen LogP contribution in [0, 0.1) is 6.92 Å². The van der Waals surface area contributed by atoms with Crippen LogP contribution in [0.4, 0.5) is 0 Å². The number of carbonyl (C=O) groups is 1. The number of para-hydroxylation sites is 1. The lowest BCUT2D eigenvalue weighted by atomic mass is 10.0. The Morgan fingerprint density at radius 3 is 2.11 bits per heavy atom. The summed E-state index contributed by atoms with van der Waals surface area (Å²) in [6.45, 7) is 2.57. The third-order valence-electron chi connectivity index (χ3n) is 6.32. The highest BCUT2D eigenvalue weighted by Crippen LogP contribution is 2.28. The normalized spacial score (nSPS) is 14.8. The quantitative estimate of drug-likeness (QED) is 0.435. The highest BCUT2D eigenvalue weighted by molar-refractivity contribution is 7.89. The van der Waals surface area contributed by atoms with Crippen LogP contribution in [0.2, 0.25) is 0 Å². The number of fused-ring (bicyclic) bond motifs is 1. The Morgan fingerprint density at radius 1 is 0.829 bits per heavy atom. The van der Waals surface area contributed by atoms with E-state index in [4.69, 9.17) is 4.42 Å². The van der Waals surface area contributed by atoms with E-state index in [9.17, 15) is 18.0 Å². The van der Waals surface area contributed by atoms with Crippen molar-refractivity contribution in [3.8, 4) is 11.3 Å². The molecule has 1 aliphatic heterocycles. The topological polar surface area (TPSA) is 87.9 Å². The van der Waals surface area contributed by atoms with Crippen LogP contribution in [0.25, 0.3) is 22.3 Å². The first-order valence-electron chi connectivity index (χ1n) is 11.3. The Balaban J connectivity index is 1.45. The van der Waals surface area contributed by atoms with E-state index in [0.717, 1.165) is 5.56 Å². The van der Waals surface area contributed by atoms with Crippen LogP contribution in [0.15, 0.2) is 93.0 Å². The van der Waals surface area contributed by atoms with Crippen molar-refractivity contribution >= 4 is 26.9 Å². The number of hydrogen-bond donors (Lipinski definition) is 0. The Kier molecular flexibility index (Phi) is 6.00. The van der Waals surface area contributed by atoms with Gasteiger partial charge in [-0.15, -0.1) is 0 Å². The largest absolute Gasteiger partial charge is 0.455 e. The van der Waals surface area contributed by atoms with Gasteiger partial charge in [0, 0.05) is 37.3 Å². The highest BCUT2D eigenvalue weighted by Gasteiger charge is 2.31.